The highest BCUT2D eigenvalue weighted by Gasteiger charge is 2.34. The van der Waals surface area contributed by atoms with E-state index < -0.39 is 12.1 Å². The number of fused-ring (bicyclic) bond motifs is 1. The van der Waals surface area contributed by atoms with Gasteiger partial charge < -0.3 is 35.6 Å². The summed E-state index contributed by atoms with van der Waals surface area (Å²) in [5.74, 6) is -0.0418. The predicted octanol–water partition coefficient (Wildman–Crippen LogP) is 2.49. The van der Waals surface area contributed by atoms with Crippen molar-refractivity contribution < 1.29 is 24.2 Å². The SMILES string of the molecule is CC(C)NC(=O)Nc1ccc2c(c1)C(=O)N([C@H](C)CO)C[C@@H](C)[C@@H](CN(C)C(=O)NC(C)C)O2. The van der Waals surface area contributed by atoms with E-state index >= 15 is 0 Å². The Morgan fingerprint density at radius 3 is 2.41 bits per heavy atom. The van der Waals surface area contributed by atoms with Crippen LogP contribution in [0.2, 0.25) is 0 Å². The maximum atomic E-state index is 13.4. The summed E-state index contributed by atoms with van der Waals surface area (Å²) in [6.45, 7) is 11.7. The minimum Gasteiger partial charge on any atom is -0.487 e. The molecule has 0 saturated heterocycles. The lowest BCUT2D eigenvalue weighted by molar-refractivity contribution is 0.0366. The summed E-state index contributed by atoms with van der Waals surface area (Å²) in [5, 5.41) is 18.1. The van der Waals surface area contributed by atoms with E-state index in [1.165, 1.54) is 0 Å². The zero-order valence-corrected chi connectivity index (χ0v) is 21.2. The maximum absolute atomic E-state index is 13.4. The van der Waals surface area contributed by atoms with E-state index in [0.29, 0.717) is 24.5 Å². The lowest BCUT2D eigenvalue weighted by Crippen LogP contribution is -2.51. The molecule has 0 bridgehead atoms. The minimum absolute atomic E-state index is 0.00341. The molecule has 10 heteroatoms. The second-order valence-corrected chi connectivity index (χ2v) is 9.57. The summed E-state index contributed by atoms with van der Waals surface area (Å²) in [6, 6.07) is 3.87. The van der Waals surface area contributed by atoms with Crippen LogP contribution >= 0.6 is 0 Å². The van der Waals surface area contributed by atoms with Crippen LogP contribution in [0.4, 0.5) is 15.3 Å². The Hall–Kier alpha value is -3.01. The molecule has 5 amide bonds. The van der Waals surface area contributed by atoms with Gasteiger partial charge in [0, 0.05) is 37.3 Å². The fourth-order valence-electron chi connectivity index (χ4n) is 3.66. The molecule has 34 heavy (non-hydrogen) atoms. The van der Waals surface area contributed by atoms with Gasteiger partial charge in [-0.25, -0.2) is 9.59 Å². The standard InChI is InChI=1S/C24H39N5O5/c1-14(2)25-23(32)27-18-8-9-20-19(10-18)22(31)29(17(6)13-30)11-16(5)21(34-20)12-28(7)24(33)26-15(3)4/h8-10,14-17,21,30H,11-13H2,1-7H3,(H,26,33)(H2,25,27,32)/t16-,17-,21-/m1/s1. The van der Waals surface area contributed by atoms with Gasteiger partial charge in [0.05, 0.1) is 24.8 Å². The van der Waals surface area contributed by atoms with Crippen LogP contribution in [0, 0.1) is 5.92 Å². The molecule has 1 aliphatic rings. The molecule has 1 heterocycles. The lowest BCUT2D eigenvalue weighted by Gasteiger charge is -2.38. The normalized spacial score (nSPS) is 19.0. The molecule has 1 aromatic carbocycles. The monoisotopic (exact) mass is 477 g/mol. The van der Waals surface area contributed by atoms with Crippen molar-refractivity contribution in [3.63, 3.8) is 0 Å². The highest BCUT2D eigenvalue weighted by molar-refractivity contribution is 5.99. The number of hydrogen-bond donors (Lipinski definition) is 4. The van der Waals surface area contributed by atoms with Crippen LogP contribution in [0.5, 0.6) is 5.75 Å². The Bertz CT molecular complexity index is 875. The number of anilines is 1. The van der Waals surface area contributed by atoms with E-state index in [4.69, 9.17) is 4.74 Å². The van der Waals surface area contributed by atoms with Gasteiger partial charge in [-0.1, -0.05) is 6.92 Å². The number of likely N-dealkylation sites (N-methyl/N-ethyl adjacent to an activating group) is 1. The number of urea groups is 2. The van der Waals surface area contributed by atoms with Gasteiger partial charge >= 0.3 is 12.1 Å². The highest BCUT2D eigenvalue weighted by Crippen LogP contribution is 2.30. The molecule has 0 unspecified atom stereocenters. The Morgan fingerprint density at radius 2 is 1.82 bits per heavy atom. The topological polar surface area (TPSA) is 123 Å². The average Bonchev–Trinajstić information content (AvgIpc) is 2.74. The first kappa shape index (κ1) is 27.2. The van der Waals surface area contributed by atoms with E-state index in [2.05, 4.69) is 16.0 Å². The third-order valence-electron chi connectivity index (χ3n) is 5.56. The number of nitrogens with one attached hydrogen (secondary N) is 3. The van der Waals surface area contributed by atoms with Crippen LogP contribution in [0.3, 0.4) is 0 Å². The zero-order chi connectivity index (χ0) is 25.6. The van der Waals surface area contributed by atoms with Crippen molar-refractivity contribution in [3.05, 3.63) is 23.8 Å². The molecule has 0 fully saturated rings. The smallest absolute Gasteiger partial charge is 0.319 e. The number of aliphatic hydroxyl groups excluding tert-OH is 1. The Balaban J connectivity index is 2.38. The molecular weight excluding hydrogens is 438 g/mol. The van der Waals surface area contributed by atoms with Gasteiger partial charge in [-0.05, 0) is 52.8 Å². The molecule has 0 spiro atoms. The number of hydrogen-bond acceptors (Lipinski definition) is 5. The molecule has 0 saturated carbocycles. The van der Waals surface area contributed by atoms with Crippen LogP contribution < -0.4 is 20.7 Å². The van der Waals surface area contributed by atoms with Crippen LogP contribution in [-0.4, -0.2) is 83.8 Å². The number of nitrogens with zero attached hydrogens (tertiary/aromatic N) is 2. The van der Waals surface area contributed by atoms with Crippen LogP contribution in [-0.2, 0) is 0 Å². The van der Waals surface area contributed by atoms with Crippen molar-refractivity contribution in [1.82, 2.24) is 20.4 Å². The third-order valence-corrected chi connectivity index (χ3v) is 5.56. The second-order valence-electron chi connectivity index (χ2n) is 9.57. The first-order valence-electron chi connectivity index (χ1n) is 11.7. The van der Waals surface area contributed by atoms with Crippen molar-refractivity contribution in [2.24, 2.45) is 5.92 Å². The van der Waals surface area contributed by atoms with Gasteiger partial charge in [0.2, 0.25) is 0 Å². The van der Waals surface area contributed by atoms with E-state index in [0.717, 1.165) is 0 Å². The van der Waals surface area contributed by atoms with Crippen LogP contribution in [0.1, 0.15) is 51.9 Å². The largest absolute Gasteiger partial charge is 0.487 e. The second kappa shape index (κ2) is 11.9. The Kier molecular flexibility index (Phi) is 9.55. The summed E-state index contributed by atoms with van der Waals surface area (Å²) in [5.41, 5.74) is 0.734. The molecule has 0 aromatic heterocycles. The van der Waals surface area contributed by atoms with E-state index in [9.17, 15) is 19.5 Å². The first-order valence-corrected chi connectivity index (χ1v) is 11.7. The predicted molar refractivity (Wildman–Crippen MR) is 131 cm³/mol. The zero-order valence-electron chi connectivity index (χ0n) is 21.2. The highest BCUT2D eigenvalue weighted by atomic mass is 16.5. The molecule has 10 nitrogen and oxygen atoms in total. The summed E-state index contributed by atoms with van der Waals surface area (Å²) in [6.07, 6.45) is -0.397. The van der Waals surface area contributed by atoms with Crippen LogP contribution in [0.25, 0.3) is 0 Å². The van der Waals surface area contributed by atoms with E-state index in [-0.39, 0.29) is 48.1 Å². The number of aliphatic hydroxyl groups is 1. The van der Waals surface area contributed by atoms with Crippen molar-refractivity contribution in [2.75, 3.05) is 32.1 Å². The Morgan fingerprint density at radius 1 is 1.18 bits per heavy atom. The molecule has 0 radical (unpaired) electrons. The van der Waals surface area contributed by atoms with Gasteiger partial charge in [0.1, 0.15) is 11.9 Å². The van der Waals surface area contributed by atoms with E-state index in [1.54, 1.807) is 42.0 Å². The molecule has 3 atom stereocenters. The number of benzene rings is 1. The number of amides is 5. The number of carbonyl (C=O) groups excluding carboxylic acids is 3. The first-order chi connectivity index (χ1) is 15.9. The molecule has 190 valence electrons. The van der Waals surface area contributed by atoms with Gasteiger partial charge in [-0.3, -0.25) is 4.79 Å². The number of ether oxygens (including phenoxy) is 1. The fraction of sp³-hybridized carbons (Fsp3) is 0.625. The number of carbonyl (C=O) groups is 3. The van der Waals surface area contributed by atoms with E-state index in [1.807, 2.05) is 34.6 Å². The molecule has 1 aromatic rings. The van der Waals surface area contributed by atoms with Gasteiger partial charge in [-0.2, -0.15) is 0 Å². The van der Waals surface area contributed by atoms with Crippen molar-refractivity contribution in [3.8, 4) is 5.75 Å². The van der Waals surface area contributed by atoms with Gasteiger partial charge in [-0.15, -0.1) is 0 Å². The minimum atomic E-state index is -0.413. The summed E-state index contributed by atoms with van der Waals surface area (Å²) in [4.78, 5) is 41.2. The van der Waals surface area contributed by atoms with Crippen molar-refractivity contribution >= 4 is 23.7 Å². The molecule has 2 rings (SSSR count). The summed E-state index contributed by atoms with van der Waals surface area (Å²) in [7, 11) is 1.70. The lowest BCUT2D eigenvalue weighted by atomic mass is 9.99. The quantitative estimate of drug-likeness (QED) is 0.480. The summed E-state index contributed by atoms with van der Waals surface area (Å²) < 4.78 is 6.27. The molecular formula is C24H39N5O5. The molecule has 1 aliphatic heterocycles. The number of rotatable bonds is 7. The average molecular weight is 478 g/mol. The van der Waals surface area contributed by atoms with Crippen molar-refractivity contribution in [1.29, 1.82) is 0 Å². The molecule has 0 aliphatic carbocycles. The van der Waals surface area contributed by atoms with Gasteiger partial charge in [0.15, 0.2) is 0 Å². The maximum Gasteiger partial charge on any atom is 0.319 e. The Labute approximate surface area is 202 Å². The summed E-state index contributed by atoms with van der Waals surface area (Å²) >= 11 is 0. The fourth-order valence-corrected chi connectivity index (χ4v) is 3.66. The third kappa shape index (κ3) is 7.24. The van der Waals surface area contributed by atoms with Crippen molar-refractivity contribution in [2.45, 2.75) is 65.8 Å². The molecule has 4 N–H and O–H groups in total. The van der Waals surface area contributed by atoms with Crippen LogP contribution in [0.15, 0.2) is 18.2 Å². The van der Waals surface area contributed by atoms with Gasteiger partial charge in [0.25, 0.3) is 5.91 Å².